The van der Waals surface area contributed by atoms with Gasteiger partial charge in [0.2, 0.25) is 0 Å². The predicted octanol–water partition coefficient (Wildman–Crippen LogP) is 9.40. The lowest BCUT2D eigenvalue weighted by atomic mass is 10.1. The van der Waals surface area contributed by atoms with Gasteiger partial charge in [0, 0.05) is 42.1 Å². The van der Waals surface area contributed by atoms with Gasteiger partial charge in [0.1, 0.15) is 0 Å². The monoisotopic (exact) mass is 558 g/mol. The van der Waals surface area contributed by atoms with Crippen LogP contribution in [0, 0.1) is 0 Å². The zero-order chi connectivity index (χ0) is 26.3. The van der Waals surface area contributed by atoms with E-state index in [4.69, 9.17) is 4.98 Å². The molecular weight excluding hydrogens is 525 g/mol. The maximum absolute atomic E-state index is 14.6. The number of alkyl halides is 2. The van der Waals surface area contributed by atoms with Gasteiger partial charge in [-0.3, -0.25) is 4.98 Å². The Labute approximate surface area is 228 Å². The van der Waals surface area contributed by atoms with Crippen molar-refractivity contribution in [2.24, 2.45) is 0 Å². The number of nitrogens with one attached hydrogen (secondary N) is 1. The minimum absolute atomic E-state index is 0.00831. The normalized spacial score (nSPS) is 11.6. The van der Waals surface area contributed by atoms with Crippen molar-refractivity contribution in [3.8, 4) is 21.1 Å². The lowest BCUT2D eigenvalue weighted by molar-refractivity contribution is 0.104. The molecule has 4 aromatic rings. The molecule has 0 radical (unpaired) electrons. The molecule has 0 aliphatic carbocycles. The molecule has 1 N–H and O–H groups in total. The molecule has 3 aromatic heterocycles. The van der Waals surface area contributed by atoms with Crippen LogP contribution in [0.2, 0.25) is 0 Å². The number of hydrogen-bond donors (Lipinski definition) is 1. The maximum Gasteiger partial charge on any atom is 0.285 e. The van der Waals surface area contributed by atoms with Gasteiger partial charge in [-0.1, -0.05) is 54.3 Å². The third-order valence-electron chi connectivity index (χ3n) is 6.15. The molecule has 4 nitrogen and oxygen atoms in total. The van der Waals surface area contributed by atoms with Crippen molar-refractivity contribution < 1.29 is 8.78 Å². The largest absolute Gasteiger partial charge is 0.374 e. The van der Waals surface area contributed by atoms with Gasteiger partial charge in [-0.05, 0) is 48.9 Å². The Kier molecular flexibility index (Phi) is 9.63. The highest BCUT2D eigenvalue weighted by atomic mass is 32.1. The van der Waals surface area contributed by atoms with Crippen LogP contribution in [-0.2, 0) is 5.66 Å². The van der Waals surface area contributed by atoms with Crippen molar-refractivity contribution >= 4 is 48.4 Å². The molecular formula is C28H33F2N4PS2. The zero-order valence-electron chi connectivity index (χ0n) is 21.2. The molecule has 37 heavy (non-hydrogen) atoms. The van der Waals surface area contributed by atoms with E-state index in [0.717, 1.165) is 40.5 Å². The molecule has 4 rings (SSSR count). The number of pyridine rings is 1. The number of hydrogen-bond acceptors (Lipinski definition) is 6. The molecule has 1 aromatic carbocycles. The van der Waals surface area contributed by atoms with Gasteiger partial charge in [0.05, 0.1) is 21.1 Å². The highest BCUT2D eigenvalue weighted by molar-refractivity contribution is 7.19. The maximum atomic E-state index is 14.6. The minimum atomic E-state index is -3.03. The third-order valence-corrected chi connectivity index (χ3v) is 8.34. The molecule has 0 aliphatic rings. The molecule has 9 heteroatoms. The van der Waals surface area contributed by atoms with Gasteiger partial charge < -0.3 is 10.2 Å². The summed E-state index contributed by atoms with van der Waals surface area (Å²) in [4.78, 5) is 13.2. The summed E-state index contributed by atoms with van der Waals surface area (Å²) in [5.74, 6) is 0. The molecule has 196 valence electrons. The molecule has 0 saturated heterocycles. The fourth-order valence-electron chi connectivity index (χ4n) is 4.15. The van der Waals surface area contributed by atoms with Crippen LogP contribution < -0.4 is 10.2 Å². The average Bonchev–Trinajstić information content (AvgIpc) is 3.56. The standard InChI is InChI=1S/C28H33F2N4PS2/c1-3-4-5-6-7-10-17-34(2)24-13-12-20(18-21(24)28(29,30)35)32-27-33-23(19-36-27)26-15-14-25(37-26)22-11-8-9-16-31-22/h8-9,11-16,18-19H,3-7,10,17,35H2,1-2H3,(H,32,33). The van der Waals surface area contributed by atoms with Gasteiger partial charge in [0.25, 0.3) is 5.66 Å². The molecule has 0 saturated carbocycles. The second kappa shape index (κ2) is 12.9. The van der Waals surface area contributed by atoms with Crippen molar-refractivity contribution in [1.82, 2.24) is 9.97 Å². The summed E-state index contributed by atoms with van der Waals surface area (Å²) >= 11 is 3.08. The Balaban J connectivity index is 1.44. The Morgan fingerprint density at radius 2 is 1.73 bits per heavy atom. The van der Waals surface area contributed by atoms with Crippen LogP contribution in [-0.4, -0.2) is 23.6 Å². The Hall–Kier alpha value is -2.41. The number of halogens is 2. The molecule has 0 aliphatic heterocycles. The van der Waals surface area contributed by atoms with Gasteiger partial charge in [-0.25, -0.2) is 4.98 Å². The van der Waals surface area contributed by atoms with Crippen LogP contribution in [0.5, 0.6) is 0 Å². The van der Waals surface area contributed by atoms with Crippen molar-refractivity contribution in [3.63, 3.8) is 0 Å². The summed E-state index contributed by atoms with van der Waals surface area (Å²) in [6.07, 6.45) is 8.81. The summed E-state index contributed by atoms with van der Waals surface area (Å²) in [7, 11) is 3.58. The summed E-state index contributed by atoms with van der Waals surface area (Å²) < 4.78 is 29.2. The van der Waals surface area contributed by atoms with E-state index in [0.29, 0.717) is 16.5 Å². The van der Waals surface area contributed by atoms with E-state index in [2.05, 4.69) is 17.2 Å². The van der Waals surface area contributed by atoms with E-state index < -0.39 is 5.66 Å². The molecule has 0 amide bonds. The number of anilines is 3. The second-order valence-electron chi connectivity index (χ2n) is 9.09. The van der Waals surface area contributed by atoms with Gasteiger partial charge in [0.15, 0.2) is 5.13 Å². The van der Waals surface area contributed by atoms with E-state index in [1.54, 1.807) is 32.8 Å². The van der Waals surface area contributed by atoms with E-state index >= 15 is 0 Å². The Morgan fingerprint density at radius 1 is 0.973 bits per heavy atom. The van der Waals surface area contributed by atoms with Crippen molar-refractivity contribution in [2.45, 2.75) is 51.1 Å². The topological polar surface area (TPSA) is 41.0 Å². The van der Waals surface area contributed by atoms with Crippen molar-refractivity contribution in [1.29, 1.82) is 0 Å². The van der Waals surface area contributed by atoms with Crippen molar-refractivity contribution in [3.05, 3.63) is 65.7 Å². The fourth-order valence-corrected chi connectivity index (χ4v) is 6.13. The molecule has 0 spiro atoms. The number of aromatic nitrogens is 2. The lowest BCUT2D eigenvalue weighted by Gasteiger charge is -2.25. The summed E-state index contributed by atoms with van der Waals surface area (Å²) in [6.45, 7) is 2.96. The smallest absolute Gasteiger partial charge is 0.285 e. The first-order valence-corrected chi connectivity index (χ1v) is 14.9. The van der Waals surface area contributed by atoms with Crippen LogP contribution in [0.25, 0.3) is 21.1 Å². The quantitative estimate of drug-likeness (QED) is 0.131. The highest BCUT2D eigenvalue weighted by Gasteiger charge is 2.29. The van der Waals surface area contributed by atoms with Crippen LogP contribution in [0.4, 0.5) is 25.3 Å². The van der Waals surface area contributed by atoms with Crippen LogP contribution >= 0.6 is 31.9 Å². The van der Waals surface area contributed by atoms with Gasteiger partial charge in [-0.15, -0.1) is 22.7 Å². The Morgan fingerprint density at radius 3 is 2.46 bits per heavy atom. The number of thiazole rings is 1. The number of rotatable bonds is 13. The number of nitrogens with zero attached hydrogens (tertiary/aromatic N) is 3. The van der Waals surface area contributed by atoms with E-state index in [-0.39, 0.29) is 5.56 Å². The molecule has 3 heterocycles. The third kappa shape index (κ3) is 7.56. The van der Waals surface area contributed by atoms with Gasteiger partial charge >= 0.3 is 0 Å². The SMILES string of the molecule is CCCCCCCCN(C)c1ccc(Nc2nc(-c3ccc(-c4ccccn4)s3)cs2)cc1C(F)(F)P. The zero-order valence-corrected chi connectivity index (χ0v) is 24.0. The molecule has 0 bridgehead atoms. The predicted molar refractivity (Wildman–Crippen MR) is 159 cm³/mol. The Bertz CT molecular complexity index is 1270. The lowest BCUT2D eigenvalue weighted by Crippen LogP contribution is -2.22. The number of benzene rings is 1. The number of thiophene rings is 1. The van der Waals surface area contributed by atoms with Crippen LogP contribution in [0.15, 0.2) is 60.1 Å². The highest BCUT2D eigenvalue weighted by Crippen LogP contribution is 2.42. The summed E-state index contributed by atoms with van der Waals surface area (Å²) in [5, 5.41) is 5.86. The summed E-state index contributed by atoms with van der Waals surface area (Å²) in [6, 6.07) is 15.1. The molecule has 1 unspecified atom stereocenters. The first-order chi connectivity index (χ1) is 17.8. The minimum Gasteiger partial charge on any atom is -0.374 e. The van der Waals surface area contributed by atoms with Crippen LogP contribution in [0.1, 0.15) is 51.0 Å². The van der Waals surface area contributed by atoms with E-state index in [1.165, 1.54) is 43.1 Å². The molecule has 1 atom stereocenters. The molecule has 0 fully saturated rings. The average molecular weight is 559 g/mol. The first kappa shape index (κ1) is 27.6. The first-order valence-electron chi connectivity index (χ1n) is 12.6. The van der Waals surface area contributed by atoms with E-state index in [9.17, 15) is 8.78 Å². The fraction of sp³-hybridized carbons (Fsp3) is 0.357. The number of unbranched alkanes of at least 4 members (excludes halogenated alkanes) is 5. The second-order valence-corrected chi connectivity index (χ2v) is 11.8. The van der Waals surface area contributed by atoms with Crippen LogP contribution in [0.3, 0.4) is 0 Å². The van der Waals surface area contributed by atoms with Crippen molar-refractivity contribution in [2.75, 3.05) is 23.8 Å². The summed E-state index contributed by atoms with van der Waals surface area (Å²) in [5.41, 5.74) is -0.109. The van der Waals surface area contributed by atoms with Gasteiger partial charge in [-0.2, -0.15) is 8.78 Å². The van der Waals surface area contributed by atoms with E-state index in [1.807, 2.05) is 53.7 Å².